The highest BCUT2D eigenvalue weighted by Crippen LogP contribution is 2.31. The molecule has 1 aliphatic carbocycles. The van der Waals surface area contributed by atoms with Crippen molar-refractivity contribution >= 4 is 5.97 Å². The van der Waals surface area contributed by atoms with Gasteiger partial charge in [-0.1, -0.05) is 19.8 Å². The molecule has 1 aromatic rings. The second kappa shape index (κ2) is 4.73. The van der Waals surface area contributed by atoms with E-state index in [1.54, 1.807) is 0 Å². The van der Waals surface area contributed by atoms with Gasteiger partial charge in [0.2, 0.25) is 0 Å². The summed E-state index contributed by atoms with van der Waals surface area (Å²) >= 11 is 0. The Hall–Kier alpha value is -1.58. The largest absolute Gasteiger partial charge is 0.478 e. The number of rotatable bonds is 3. The van der Waals surface area contributed by atoms with Gasteiger partial charge in [0.25, 0.3) is 5.56 Å². The standard InChI is InChI=1S/C13H17NO3/c1-9-3-2-4-10(9)7-14-8-11(13(16)17)5-6-12(14)15/h5-6,8-10H,2-4,7H2,1H3,(H,16,17). The molecule has 2 rings (SSSR count). The van der Waals surface area contributed by atoms with E-state index in [0.29, 0.717) is 18.4 Å². The third-order valence-electron chi connectivity index (χ3n) is 3.70. The number of aromatic nitrogens is 1. The molecule has 4 nitrogen and oxygen atoms in total. The Balaban J connectivity index is 2.22. The highest BCUT2D eigenvalue weighted by molar-refractivity contribution is 5.87. The van der Waals surface area contributed by atoms with Crippen LogP contribution in [0.1, 0.15) is 36.5 Å². The van der Waals surface area contributed by atoms with Crippen molar-refractivity contribution in [2.45, 2.75) is 32.7 Å². The molecule has 4 heteroatoms. The summed E-state index contributed by atoms with van der Waals surface area (Å²) in [7, 11) is 0. The minimum atomic E-state index is -0.988. The smallest absolute Gasteiger partial charge is 0.337 e. The number of carboxylic acid groups (broad SMARTS) is 1. The van der Waals surface area contributed by atoms with Crippen molar-refractivity contribution in [1.82, 2.24) is 4.57 Å². The molecule has 1 N–H and O–H groups in total. The van der Waals surface area contributed by atoms with Gasteiger partial charge in [-0.2, -0.15) is 0 Å². The number of hydrogen-bond acceptors (Lipinski definition) is 2. The number of hydrogen-bond donors (Lipinski definition) is 1. The average Bonchev–Trinajstić information content (AvgIpc) is 2.67. The summed E-state index contributed by atoms with van der Waals surface area (Å²) in [6.07, 6.45) is 5.00. The van der Waals surface area contributed by atoms with Crippen molar-refractivity contribution in [3.05, 3.63) is 34.2 Å². The van der Waals surface area contributed by atoms with Gasteiger partial charge < -0.3 is 9.67 Å². The van der Waals surface area contributed by atoms with E-state index in [2.05, 4.69) is 6.92 Å². The Morgan fingerprint density at radius 1 is 1.47 bits per heavy atom. The molecule has 1 fully saturated rings. The van der Waals surface area contributed by atoms with E-state index >= 15 is 0 Å². The summed E-state index contributed by atoms with van der Waals surface area (Å²) in [6.45, 7) is 2.84. The van der Waals surface area contributed by atoms with Crippen LogP contribution in [-0.4, -0.2) is 15.6 Å². The SMILES string of the molecule is CC1CCCC1Cn1cc(C(=O)O)ccc1=O. The lowest BCUT2D eigenvalue weighted by atomic mass is 9.98. The summed E-state index contributed by atoms with van der Waals surface area (Å²) in [5.41, 5.74) is 0.0596. The summed E-state index contributed by atoms with van der Waals surface area (Å²) < 4.78 is 1.54. The van der Waals surface area contributed by atoms with Crippen LogP contribution in [0.25, 0.3) is 0 Å². The van der Waals surface area contributed by atoms with Gasteiger partial charge in [0.05, 0.1) is 5.56 Å². The van der Waals surface area contributed by atoms with E-state index in [9.17, 15) is 9.59 Å². The molecule has 0 radical (unpaired) electrons. The third-order valence-corrected chi connectivity index (χ3v) is 3.70. The maximum Gasteiger partial charge on any atom is 0.337 e. The zero-order chi connectivity index (χ0) is 12.4. The normalized spacial score (nSPS) is 23.8. The molecule has 92 valence electrons. The molecular weight excluding hydrogens is 218 g/mol. The fraction of sp³-hybridized carbons (Fsp3) is 0.538. The van der Waals surface area contributed by atoms with Crippen molar-refractivity contribution in [1.29, 1.82) is 0 Å². The predicted octanol–water partition coefficient (Wildman–Crippen LogP) is 1.98. The Morgan fingerprint density at radius 2 is 2.24 bits per heavy atom. The number of aromatic carboxylic acids is 1. The van der Waals surface area contributed by atoms with Crippen LogP contribution >= 0.6 is 0 Å². The first-order valence-corrected chi connectivity index (χ1v) is 6.01. The van der Waals surface area contributed by atoms with E-state index < -0.39 is 5.97 Å². The Labute approximate surface area is 99.9 Å². The van der Waals surface area contributed by atoms with Gasteiger partial charge in [-0.25, -0.2) is 4.79 Å². The average molecular weight is 235 g/mol. The number of carbonyl (C=O) groups is 1. The van der Waals surface area contributed by atoms with E-state index in [1.807, 2.05) is 0 Å². The monoisotopic (exact) mass is 235 g/mol. The molecule has 0 aromatic carbocycles. The number of carboxylic acids is 1. The van der Waals surface area contributed by atoms with Crippen LogP contribution in [-0.2, 0) is 6.54 Å². The predicted molar refractivity (Wildman–Crippen MR) is 64.2 cm³/mol. The Kier molecular flexibility index (Phi) is 3.31. The zero-order valence-electron chi connectivity index (χ0n) is 9.93. The minimum absolute atomic E-state index is 0.117. The number of pyridine rings is 1. The molecule has 17 heavy (non-hydrogen) atoms. The second-order valence-electron chi connectivity index (χ2n) is 4.88. The van der Waals surface area contributed by atoms with Gasteiger partial charge >= 0.3 is 5.97 Å². The molecule has 2 unspecified atom stereocenters. The van der Waals surface area contributed by atoms with E-state index in [1.165, 1.54) is 35.7 Å². The molecule has 1 saturated carbocycles. The summed E-state index contributed by atoms with van der Waals surface area (Å²) in [5.74, 6) is 0.130. The second-order valence-corrected chi connectivity index (χ2v) is 4.88. The van der Waals surface area contributed by atoms with Crippen molar-refractivity contribution in [3.63, 3.8) is 0 Å². The molecule has 0 bridgehead atoms. The third kappa shape index (κ3) is 2.57. The Morgan fingerprint density at radius 3 is 2.82 bits per heavy atom. The van der Waals surface area contributed by atoms with Crippen molar-refractivity contribution in [2.75, 3.05) is 0 Å². The van der Waals surface area contributed by atoms with Gasteiger partial charge in [0, 0.05) is 18.8 Å². The molecule has 1 aliphatic rings. The highest BCUT2D eigenvalue weighted by Gasteiger charge is 2.23. The quantitative estimate of drug-likeness (QED) is 0.871. The first kappa shape index (κ1) is 11.9. The van der Waals surface area contributed by atoms with Gasteiger partial charge in [0.1, 0.15) is 0 Å². The first-order valence-electron chi connectivity index (χ1n) is 6.01. The van der Waals surface area contributed by atoms with Crippen LogP contribution in [0.4, 0.5) is 0 Å². The zero-order valence-corrected chi connectivity index (χ0v) is 9.93. The van der Waals surface area contributed by atoms with E-state index in [4.69, 9.17) is 5.11 Å². The maximum absolute atomic E-state index is 11.7. The lowest BCUT2D eigenvalue weighted by molar-refractivity contribution is 0.0695. The summed E-state index contributed by atoms with van der Waals surface area (Å²) in [5, 5.41) is 8.90. The molecule has 0 aliphatic heterocycles. The van der Waals surface area contributed by atoms with Crippen LogP contribution in [0.3, 0.4) is 0 Å². The van der Waals surface area contributed by atoms with E-state index in [0.717, 1.165) is 6.42 Å². The highest BCUT2D eigenvalue weighted by atomic mass is 16.4. The minimum Gasteiger partial charge on any atom is -0.478 e. The van der Waals surface area contributed by atoms with Crippen LogP contribution in [0, 0.1) is 11.8 Å². The van der Waals surface area contributed by atoms with Gasteiger partial charge in [-0.05, 0) is 24.3 Å². The van der Waals surface area contributed by atoms with Crippen LogP contribution in [0.5, 0.6) is 0 Å². The van der Waals surface area contributed by atoms with Crippen LogP contribution < -0.4 is 5.56 Å². The molecule has 1 heterocycles. The summed E-state index contributed by atoms with van der Waals surface area (Å²) in [6, 6.07) is 2.70. The van der Waals surface area contributed by atoms with Crippen molar-refractivity contribution < 1.29 is 9.90 Å². The fourth-order valence-corrected chi connectivity index (χ4v) is 2.55. The number of nitrogens with zero attached hydrogens (tertiary/aromatic N) is 1. The maximum atomic E-state index is 11.7. The van der Waals surface area contributed by atoms with Gasteiger partial charge in [-0.3, -0.25) is 4.79 Å². The molecule has 2 atom stereocenters. The van der Waals surface area contributed by atoms with Crippen LogP contribution in [0.15, 0.2) is 23.1 Å². The summed E-state index contributed by atoms with van der Waals surface area (Å²) in [4.78, 5) is 22.5. The van der Waals surface area contributed by atoms with Crippen molar-refractivity contribution in [3.8, 4) is 0 Å². The van der Waals surface area contributed by atoms with Crippen molar-refractivity contribution in [2.24, 2.45) is 11.8 Å². The topological polar surface area (TPSA) is 59.3 Å². The molecule has 1 aromatic heterocycles. The lowest BCUT2D eigenvalue weighted by Crippen LogP contribution is -2.25. The van der Waals surface area contributed by atoms with Gasteiger partial charge in [-0.15, -0.1) is 0 Å². The first-order chi connectivity index (χ1) is 8.08. The van der Waals surface area contributed by atoms with Gasteiger partial charge in [0.15, 0.2) is 0 Å². The van der Waals surface area contributed by atoms with Crippen LogP contribution in [0.2, 0.25) is 0 Å². The molecule has 0 saturated heterocycles. The molecular formula is C13H17NO3. The van der Waals surface area contributed by atoms with E-state index in [-0.39, 0.29) is 11.1 Å². The Bertz CT molecular complexity index is 478. The fourth-order valence-electron chi connectivity index (χ4n) is 2.55. The lowest BCUT2D eigenvalue weighted by Gasteiger charge is -2.16. The molecule has 0 spiro atoms. The molecule has 0 amide bonds.